The van der Waals surface area contributed by atoms with Crippen LogP contribution in [-0.4, -0.2) is 21.0 Å². The average Bonchev–Trinajstić information content (AvgIpc) is 2.87. The third-order valence-electron chi connectivity index (χ3n) is 3.46. The second-order valence-corrected chi connectivity index (χ2v) is 5.38. The van der Waals surface area contributed by atoms with Crippen molar-refractivity contribution in [1.29, 1.82) is 0 Å². The van der Waals surface area contributed by atoms with Gasteiger partial charge in [0.1, 0.15) is 11.3 Å². The van der Waals surface area contributed by atoms with Gasteiger partial charge in [-0.1, -0.05) is 12.1 Å². The van der Waals surface area contributed by atoms with Crippen LogP contribution < -0.4 is 10.1 Å². The monoisotopic (exact) mass is 336 g/mol. The lowest BCUT2D eigenvalue weighted by Gasteiger charge is -2.17. The lowest BCUT2D eigenvalue weighted by Crippen LogP contribution is -2.17. The number of hydrogen-bond acceptors (Lipinski definition) is 4. The van der Waals surface area contributed by atoms with Gasteiger partial charge in [0.05, 0.1) is 11.7 Å². The number of ether oxygens (including phenoxy) is 1. The number of alkyl halides is 3. The van der Waals surface area contributed by atoms with E-state index in [1.54, 1.807) is 23.0 Å². The summed E-state index contributed by atoms with van der Waals surface area (Å²) in [5.74, 6) is 0.354. The number of nitrogens with one attached hydrogen (secondary N) is 1. The second-order valence-electron chi connectivity index (χ2n) is 5.38. The number of aromatic nitrogens is 3. The number of nitrogens with zero attached hydrogens (tertiary/aromatic N) is 3. The van der Waals surface area contributed by atoms with Gasteiger partial charge < -0.3 is 10.1 Å². The van der Waals surface area contributed by atoms with Gasteiger partial charge in [-0.25, -0.2) is 9.50 Å². The lowest BCUT2D eigenvalue weighted by molar-refractivity contribution is -0.274. The zero-order valence-corrected chi connectivity index (χ0v) is 13.0. The van der Waals surface area contributed by atoms with E-state index in [0.717, 1.165) is 11.2 Å². The molecule has 3 rings (SSSR count). The minimum Gasteiger partial charge on any atom is -0.406 e. The number of rotatable bonds is 4. The summed E-state index contributed by atoms with van der Waals surface area (Å²) >= 11 is 0. The van der Waals surface area contributed by atoms with Crippen molar-refractivity contribution in [3.05, 3.63) is 54.0 Å². The maximum atomic E-state index is 12.3. The molecule has 0 saturated heterocycles. The van der Waals surface area contributed by atoms with Crippen LogP contribution in [0.3, 0.4) is 0 Å². The van der Waals surface area contributed by atoms with E-state index >= 15 is 0 Å². The smallest absolute Gasteiger partial charge is 0.406 e. The SMILES string of the molecule is Cc1cc2c(NC(C)c3cccc(OC(F)(F)F)c3)nccn2n1. The van der Waals surface area contributed by atoms with Crippen LogP contribution in [0.25, 0.3) is 5.52 Å². The predicted octanol–water partition coefficient (Wildman–Crippen LogP) is 4.11. The molecule has 0 fully saturated rings. The molecule has 0 radical (unpaired) electrons. The molecule has 2 heterocycles. The van der Waals surface area contributed by atoms with Crippen molar-refractivity contribution in [1.82, 2.24) is 14.6 Å². The Morgan fingerprint density at radius 1 is 1.25 bits per heavy atom. The molecule has 1 atom stereocenters. The first kappa shape index (κ1) is 16.1. The Kier molecular flexibility index (Phi) is 4.04. The Morgan fingerprint density at radius 3 is 2.79 bits per heavy atom. The molecule has 1 N–H and O–H groups in total. The molecule has 0 bridgehead atoms. The fourth-order valence-corrected chi connectivity index (χ4v) is 2.42. The molecule has 126 valence electrons. The number of benzene rings is 1. The largest absolute Gasteiger partial charge is 0.573 e. The average molecular weight is 336 g/mol. The minimum absolute atomic E-state index is 0.250. The fourth-order valence-electron chi connectivity index (χ4n) is 2.42. The van der Waals surface area contributed by atoms with Crippen molar-refractivity contribution in [2.24, 2.45) is 0 Å². The van der Waals surface area contributed by atoms with Crippen molar-refractivity contribution in [2.75, 3.05) is 5.32 Å². The molecule has 5 nitrogen and oxygen atoms in total. The van der Waals surface area contributed by atoms with Crippen LogP contribution in [0.15, 0.2) is 42.7 Å². The molecule has 1 aromatic carbocycles. The van der Waals surface area contributed by atoms with Gasteiger partial charge >= 0.3 is 6.36 Å². The first-order valence-corrected chi connectivity index (χ1v) is 7.25. The molecule has 0 aliphatic rings. The highest BCUT2D eigenvalue weighted by Gasteiger charge is 2.31. The van der Waals surface area contributed by atoms with Crippen molar-refractivity contribution in [3.63, 3.8) is 0 Å². The van der Waals surface area contributed by atoms with Crippen molar-refractivity contribution in [2.45, 2.75) is 26.3 Å². The topological polar surface area (TPSA) is 51.5 Å². The van der Waals surface area contributed by atoms with Gasteiger partial charge in [-0.05, 0) is 37.6 Å². The summed E-state index contributed by atoms with van der Waals surface area (Å²) in [4.78, 5) is 4.28. The second kappa shape index (κ2) is 6.03. The summed E-state index contributed by atoms with van der Waals surface area (Å²) in [6.45, 7) is 3.71. The number of aryl methyl sites for hydroxylation is 1. The van der Waals surface area contributed by atoms with E-state index in [1.807, 2.05) is 19.9 Å². The number of hydrogen-bond donors (Lipinski definition) is 1. The van der Waals surface area contributed by atoms with E-state index in [0.29, 0.717) is 11.4 Å². The van der Waals surface area contributed by atoms with Crippen LogP contribution in [0.1, 0.15) is 24.2 Å². The number of fused-ring (bicyclic) bond motifs is 1. The Morgan fingerprint density at radius 2 is 2.04 bits per heavy atom. The summed E-state index contributed by atoms with van der Waals surface area (Å²) in [6.07, 6.45) is -1.37. The molecular formula is C16H15F3N4O. The summed E-state index contributed by atoms with van der Waals surface area (Å²) < 4.78 is 42.7. The third kappa shape index (κ3) is 3.58. The Balaban J connectivity index is 1.84. The van der Waals surface area contributed by atoms with Crippen LogP contribution in [-0.2, 0) is 0 Å². The fraction of sp³-hybridized carbons (Fsp3) is 0.250. The highest BCUT2D eigenvalue weighted by atomic mass is 19.4. The maximum absolute atomic E-state index is 12.3. The zero-order valence-electron chi connectivity index (χ0n) is 13.0. The van der Waals surface area contributed by atoms with E-state index in [-0.39, 0.29) is 11.8 Å². The highest BCUT2D eigenvalue weighted by molar-refractivity contribution is 5.68. The minimum atomic E-state index is -4.71. The van der Waals surface area contributed by atoms with Gasteiger partial charge in [0.25, 0.3) is 0 Å². The molecule has 2 aromatic heterocycles. The molecule has 0 saturated carbocycles. The summed E-state index contributed by atoms with van der Waals surface area (Å²) in [7, 11) is 0. The van der Waals surface area contributed by atoms with E-state index < -0.39 is 6.36 Å². The van der Waals surface area contributed by atoms with Gasteiger partial charge in [-0.15, -0.1) is 13.2 Å². The van der Waals surface area contributed by atoms with Crippen LogP contribution in [0.4, 0.5) is 19.0 Å². The van der Waals surface area contributed by atoms with Gasteiger partial charge in [-0.2, -0.15) is 5.10 Å². The first-order valence-electron chi connectivity index (χ1n) is 7.25. The maximum Gasteiger partial charge on any atom is 0.573 e. The van der Waals surface area contributed by atoms with E-state index in [9.17, 15) is 13.2 Å². The predicted molar refractivity (Wildman–Crippen MR) is 82.9 cm³/mol. The van der Waals surface area contributed by atoms with Gasteiger partial charge in [0, 0.05) is 12.4 Å². The van der Waals surface area contributed by atoms with Gasteiger partial charge in [0.2, 0.25) is 0 Å². The molecule has 8 heteroatoms. The van der Waals surface area contributed by atoms with Crippen molar-refractivity contribution < 1.29 is 17.9 Å². The quantitative estimate of drug-likeness (QED) is 0.779. The molecule has 0 aliphatic heterocycles. The van der Waals surface area contributed by atoms with Crippen molar-refractivity contribution >= 4 is 11.3 Å². The molecule has 0 spiro atoms. The van der Waals surface area contributed by atoms with E-state index in [1.165, 1.54) is 18.2 Å². The van der Waals surface area contributed by atoms with Crippen LogP contribution in [0, 0.1) is 6.92 Å². The molecule has 0 amide bonds. The molecular weight excluding hydrogens is 321 g/mol. The summed E-state index contributed by atoms with van der Waals surface area (Å²) in [6, 6.07) is 7.48. The number of halogens is 3. The Hall–Kier alpha value is -2.77. The first-order chi connectivity index (χ1) is 11.3. The highest BCUT2D eigenvalue weighted by Crippen LogP contribution is 2.27. The molecule has 1 unspecified atom stereocenters. The standard InChI is InChI=1S/C16H15F3N4O/c1-10-8-14-15(20-6-7-23(14)22-10)21-11(2)12-4-3-5-13(9-12)24-16(17,18)19/h3-9,11H,1-2H3,(H,20,21). The van der Waals surface area contributed by atoms with Crippen molar-refractivity contribution in [3.8, 4) is 5.75 Å². The van der Waals surface area contributed by atoms with Gasteiger partial charge in [-0.3, -0.25) is 0 Å². The molecule has 0 aliphatic carbocycles. The Labute approximate surface area is 136 Å². The lowest BCUT2D eigenvalue weighted by atomic mass is 10.1. The zero-order chi connectivity index (χ0) is 17.3. The normalized spacial score (nSPS) is 13.0. The summed E-state index contributed by atoms with van der Waals surface area (Å²) in [5, 5.41) is 7.50. The van der Waals surface area contributed by atoms with E-state index in [4.69, 9.17) is 0 Å². The van der Waals surface area contributed by atoms with Gasteiger partial charge in [0.15, 0.2) is 5.82 Å². The van der Waals surface area contributed by atoms with Crippen LogP contribution >= 0.6 is 0 Å². The molecule has 24 heavy (non-hydrogen) atoms. The van der Waals surface area contributed by atoms with Crippen LogP contribution in [0.5, 0.6) is 5.75 Å². The molecule has 3 aromatic rings. The number of anilines is 1. The van der Waals surface area contributed by atoms with E-state index in [2.05, 4.69) is 20.1 Å². The Bertz CT molecular complexity index is 860. The third-order valence-corrected chi connectivity index (χ3v) is 3.46. The summed E-state index contributed by atoms with van der Waals surface area (Å²) in [5.41, 5.74) is 2.29. The van der Waals surface area contributed by atoms with Crippen LogP contribution in [0.2, 0.25) is 0 Å².